The van der Waals surface area contributed by atoms with Gasteiger partial charge in [-0.25, -0.2) is 0 Å². The van der Waals surface area contributed by atoms with Crippen molar-refractivity contribution in [2.45, 2.75) is 85.7 Å². The Hall–Kier alpha value is -2.00. The Bertz CT molecular complexity index is 1080. The molecule has 6 fully saturated rings. The molecule has 9 heteroatoms. The van der Waals surface area contributed by atoms with Crippen molar-refractivity contribution in [1.82, 2.24) is 0 Å². The summed E-state index contributed by atoms with van der Waals surface area (Å²) in [6, 6.07) is 0. The summed E-state index contributed by atoms with van der Waals surface area (Å²) in [5.74, 6) is -1.94. The zero-order valence-electron chi connectivity index (χ0n) is 22.0. The Morgan fingerprint density at radius 2 is 1.47 bits per heavy atom. The van der Waals surface area contributed by atoms with Crippen LogP contribution >= 0.6 is 0 Å². The van der Waals surface area contributed by atoms with E-state index in [1.165, 1.54) is 20.8 Å². The van der Waals surface area contributed by atoms with Gasteiger partial charge >= 0.3 is 17.9 Å². The van der Waals surface area contributed by atoms with E-state index < -0.39 is 63.3 Å². The van der Waals surface area contributed by atoms with Gasteiger partial charge in [-0.1, -0.05) is 27.7 Å². The normalized spacial score (nSPS) is 53.0. The van der Waals surface area contributed by atoms with Crippen LogP contribution in [-0.4, -0.2) is 61.5 Å². The minimum absolute atomic E-state index is 0.0446. The molecule has 11 atom stereocenters. The maximum Gasteiger partial charge on any atom is 0.303 e. The van der Waals surface area contributed by atoms with E-state index in [4.69, 9.17) is 23.7 Å². The van der Waals surface area contributed by atoms with Crippen molar-refractivity contribution in [3.8, 4) is 0 Å². The fourth-order valence-electron chi connectivity index (χ4n) is 11.5. The average molecular weight is 505 g/mol. The van der Waals surface area contributed by atoms with Gasteiger partial charge in [0, 0.05) is 66.6 Å². The third-order valence-electron chi connectivity index (χ3n) is 11.6. The summed E-state index contributed by atoms with van der Waals surface area (Å²) in [7, 11) is 0. The second kappa shape index (κ2) is 6.90. The summed E-state index contributed by atoms with van der Waals surface area (Å²) >= 11 is 0. The molecule has 0 N–H and O–H groups in total. The molecule has 1 heterocycles. The molecule has 1 unspecified atom stereocenters. The molecular formula is C27H36O9. The second-order valence-electron chi connectivity index (χ2n) is 12.9. The molecule has 36 heavy (non-hydrogen) atoms. The van der Waals surface area contributed by atoms with E-state index in [2.05, 4.69) is 20.8 Å². The highest BCUT2D eigenvalue weighted by Gasteiger charge is 3.04. The van der Waals surface area contributed by atoms with Gasteiger partial charge in [-0.2, -0.15) is 0 Å². The van der Waals surface area contributed by atoms with Crippen LogP contribution in [0, 0.1) is 44.8 Å². The quantitative estimate of drug-likeness (QED) is 0.422. The fraction of sp³-hybridized carbons (Fsp3) is 0.852. The van der Waals surface area contributed by atoms with Crippen LogP contribution in [0.4, 0.5) is 0 Å². The van der Waals surface area contributed by atoms with E-state index >= 15 is 0 Å². The maximum absolute atomic E-state index is 14.2. The van der Waals surface area contributed by atoms with Crippen molar-refractivity contribution in [2.75, 3.05) is 13.4 Å². The number of ketones is 1. The van der Waals surface area contributed by atoms with Gasteiger partial charge in [0.1, 0.15) is 30.9 Å². The number of Topliss-reactive ketones (excluding diaryl/α,β-unsaturated/α-hetero) is 1. The summed E-state index contributed by atoms with van der Waals surface area (Å²) in [6.07, 6.45) is -1.73. The largest absolute Gasteiger partial charge is 0.462 e. The lowest BCUT2D eigenvalue weighted by Crippen LogP contribution is -2.85. The van der Waals surface area contributed by atoms with Crippen LogP contribution in [0.1, 0.15) is 61.3 Å². The molecule has 9 nitrogen and oxygen atoms in total. The monoisotopic (exact) mass is 504 g/mol. The molecule has 0 amide bonds. The van der Waals surface area contributed by atoms with Gasteiger partial charge in [0.05, 0.1) is 12.7 Å². The van der Waals surface area contributed by atoms with E-state index in [0.717, 1.165) is 0 Å². The Labute approximate surface area is 210 Å². The highest BCUT2D eigenvalue weighted by molar-refractivity contribution is 5.92. The van der Waals surface area contributed by atoms with Crippen molar-refractivity contribution in [2.24, 2.45) is 44.8 Å². The minimum Gasteiger partial charge on any atom is -0.462 e. The predicted molar refractivity (Wildman–Crippen MR) is 122 cm³/mol. The predicted octanol–water partition coefficient (Wildman–Crippen LogP) is 2.43. The van der Waals surface area contributed by atoms with Crippen molar-refractivity contribution in [3.05, 3.63) is 0 Å². The highest BCUT2D eigenvalue weighted by Crippen LogP contribution is 2.98. The zero-order valence-corrected chi connectivity index (χ0v) is 22.0. The molecule has 1 aliphatic heterocycles. The molecule has 0 aromatic carbocycles. The van der Waals surface area contributed by atoms with Crippen molar-refractivity contribution >= 4 is 23.7 Å². The van der Waals surface area contributed by atoms with Crippen LogP contribution in [0.25, 0.3) is 0 Å². The first-order chi connectivity index (χ1) is 16.7. The summed E-state index contributed by atoms with van der Waals surface area (Å²) < 4.78 is 30.4. The van der Waals surface area contributed by atoms with Gasteiger partial charge < -0.3 is 23.7 Å². The molecule has 6 rings (SSSR count). The molecule has 6 aliphatic rings. The first kappa shape index (κ1) is 24.3. The smallest absolute Gasteiger partial charge is 0.303 e. The van der Waals surface area contributed by atoms with Crippen LogP contribution in [0.2, 0.25) is 0 Å². The van der Waals surface area contributed by atoms with E-state index in [1.54, 1.807) is 0 Å². The van der Waals surface area contributed by atoms with Crippen molar-refractivity contribution in [1.29, 1.82) is 0 Å². The number of hydrogen-bond acceptors (Lipinski definition) is 9. The number of ether oxygens (including phenoxy) is 5. The number of fused-ring (bicyclic) bond motifs is 4. The minimum atomic E-state index is -0.932. The van der Waals surface area contributed by atoms with Gasteiger partial charge in [0.25, 0.3) is 0 Å². The number of rotatable bonds is 3. The molecule has 0 radical (unpaired) electrons. The molecule has 0 aromatic rings. The number of carbonyl (C=O) groups excluding carboxylic acids is 4. The number of esters is 3. The van der Waals surface area contributed by atoms with Gasteiger partial charge in [-0.05, 0) is 11.8 Å². The average Bonchev–Trinajstić information content (AvgIpc) is 2.92. The fourth-order valence-corrected chi connectivity index (χ4v) is 11.5. The first-order valence-electron chi connectivity index (χ1n) is 13.0. The van der Waals surface area contributed by atoms with Crippen LogP contribution < -0.4 is 0 Å². The molecule has 2 bridgehead atoms. The van der Waals surface area contributed by atoms with Gasteiger partial charge in [-0.15, -0.1) is 0 Å². The number of hydrogen-bond donors (Lipinski definition) is 0. The topological polar surface area (TPSA) is 114 Å². The van der Waals surface area contributed by atoms with E-state index in [-0.39, 0.29) is 42.9 Å². The van der Waals surface area contributed by atoms with Gasteiger partial charge in [0.2, 0.25) is 0 Å². The molecule has 1 saturated heterocycles. The van der Waals surface area contributed by atoms with Crippen LogP contribution in [0.15, 0.2) is 0 Å². The maximum atomic E-state index is 14.2. The highest BCUT2D eigenvalue weighted by atomic mass is 16.7. The Morgan fingerprint density at radius 1 is 0.889 bits per heavy atom. The molecule has 5 aliphatic carbocycles. The summed E-state index contributed by atoms with van der Waals surface area (Å²) in [5.41, 5.74) is -3.96. The lowest BCUT2D eigenvalue weighted by atomic mass is 9.22. The van der Waals surface area contributed by atoms with Crippen molar-refractivity contribution in [3.63, 3.8) is 0 Å². The molecule has 198 valence electrons. The lowest BCUT2D eigenvalue weighted by molar-refractivity contribution is -0.387. The lowest BCUT2D eigenvalue weighted by Gasteiger charge is -2.80. The first-order valence-corrected chi connectivity index (χ1v) is 13.0. The number of carbonyl (C=O) groups is 4. The van der Waals surface area contributed by atoms with Crippen LogP contribution in [0.3, 0.4) is 0 Å². The third kappa shape index (κ3) is 2.14. The standard InChI is InChI=1S/C27H36O9/c1-12(28)34-20-16-8-17(31)25(7)19-18-15(10-32-11-33-18)9-24(6)21(35-13(2)29)22(36-14(3)30)27(25,23(16,4)5)26(19,20)24/h15-16,18-22H,8-11H2,1-7H3/t15-,16+,18+,19-,20-,21+,22+,24+,25+,26?,27-/m1/s1. The molecule has 0 aromatic heterocycles. The Balaban J connectivity index is 1.72. The van der Waals surface area contributed by atoms with Crippen LogP contribution in [-0.2, 0) is 42.9 Å². The Kier molecular flexibility index (Phi) is 4.66. The SMILES string of the molecule is CC(=O)O[C@@H]1[C@@H]2CC(=O)[C@@]3(C)[C@H]4[C@H]5OCOC[C@H]5C[C@@]5(C)[C@@H](OC(C)=O)[C@H](OC(C)=O)[C@]3(C2(C)C)C145. The third-order valence-corrected chi connectivity index (χ3v) is 11.6. The summed E-state index contributed by atoms with van der Waals surface area (Å²) in [4.78, 5) is 52.0. The van der Waals surface area contributed by atoms with E-state index in [9.17, 15) is 19.2 Å². The summed E-state index contributed by atoms with van der Waals surface area (Å²) in [6.45, 7) is 13.0. The summed E-state index contributed by atoms with van der Waals surface area (Å²) in [5, 5.41) is 0. The van der Waals surface area contributed by atoms with Crippen LogP contribution in [0.5, 0.6) is 0 Å². The second-order valence-corrected chi connectivity index (χ2v) is 12.9. The molecule has 2 spiro atoms. The Morgan fingerprint density at radius 3 is 2.08 bits per heavy atom. The molecule has 5 saturated carbocycles. The van der Waals surface area contributed by atoms with E-state index in [0.29, 0.717) is 13.0 Å². The van der Waals surface area contributed by atoms with Crippen molar-refractivity contribution < 1.29 is 42.9 Å². The van der Waals surface area contributed by atoms with Gasteiger partial charge in [0.15, 0.2) is 0 Å². The van der Waals surface area contributed by atoms with E-state index in [1.807, 2.05) is 6.92 Å². The van der Waals surface area contributed by atoms with Gasteiger partial charge in [-0.3, -0.25) is 19.2 Å². The zero-order chi connectivity index (χ0) is 26.2. The molecular weight excluding hydrogens is 468 g/mol.